The van der Waals surface area contributed by atoms with E-state index in [1.807, 2.05) is 18.3 Å². The van der Waals surface area contributed by atoms with Crippen LogP contribution >= 0.6 is 7.81 Å². The van der Waals surface area contributed by atoms with Gasteiger partial charge in [-0.05, 0) is 17.5 Å². The van der Waals surface area contributed by atoms with Crippen molar-refractivity contribution in [3.63, 3.8) is 0 Å². The fourth-order valence-electron chi connectivity index (χ4n) is 0.995. The molecule has 16 heavy (non-hydrogen) atoms. The van der Waals surface area contributed by atoms with Gasteiger partial charge in [-0.3, -0.25) is 0 Å². The molecule has 0 radical (unpaired) electrons. The van der Waals surface area contributed by atoms with Crippen molar-refractivity contribution in [3.05, 3.63) is 36.5 Å². The molecule has 0 fully saturated rings. The number of benzene rings is 1. The number of nitrogens with one attached hydrogen (secondary N) is 1. The molecule has 2 rings (SSSR count). The van der Waals surface area contributed by atoms with Gasteiger partial charge in [-0.2, -0.15) is 0 Å². The summed E-state index contributed by atoms with van der Waals surface area (Å²) in [7, 11) is -10.7. The number of para-hydroxylation sites is 1. The van der Waals surface area contributed by atoms with Crippen LogP contribution in [0.5, 0.6) is 0 Å². The fourth-order valence-corrected chi connectivity index (χ4v) is 0.995. The summed E-state index contributed by atoms with van der Waals surface area (Å²) >= 11 is 0. The third-order valence-electron chi connectivity index (χ3n) is 1.46. The van der Waals surface area contributed by atoms with Crippen molar-refractivity contribution in [1.29, 1.82) is 0 Å². The van der Waals surface area contributed by atoms with Crippen molar-refractivity contribution in [3.8, 4) is 0 Å². The first-order valence-corrected chi connectivity index (χ1v) is 6.03. The van der Waals surface area contributed by atoms with E-state index in [1.165, 1.54) is 10.9 Å². The number of aromatic amines is 1. The molecule has 0 aliphatic heterocycles. The number of aromatic nitrogens is 1. The molecule has 0 atom stereocenters. The van der Waals surface area contributed by atoms with Crippen molar-refractivity contribution in [2.45, 2.75) is 0 Å². The Morgan fingerprint density at radius 1 is 0.875 bits per heavy atom. The van der Waals surface area contributed by atoms with E-state index in [0.717, 1.165) is 0 Å². The van der Waals surface area contributed by atoms with E-state index in [4.69, 9.17) is 0 Å². The van der Waals surface area contributed by atoms with Gasteiger partial charge in [-0.15, -0.1) is 0 Å². The second-order valence-corrected chi connectivity index (χ2v) is 4.94. The molecule has 1 aromatic carbocycles. The van der Waals surface area contributed by atoms with Crippen molar-refractivity contribution >= 4 is 18.7 Å². The van der Waals surface area contributed by atoms with Crippen LogP contribution in [-0.4, -0.2) is 4.98 Å². The molecule has 1 nitrogen and oxygen atoms in total. The minimum Gasteiger partial charge on any atom is -0.361 e. The first kappa shape index (κ1) is 12.8. The minimum absolute atomic E-state index is 0. The molecule has 2 aromatic rings. The second kappa shape index (κ2) is 3.13. The van der Waals surface area contributed by atoms with Gasteiger partial charge in [0.2, 0.25) is 0 Å². The van der Waals surface area contributed by atoms with E-state index >= 15 is 0 Å². The summed E-state index contributed by atoms with van der Waals surface area (Å²) in [5.74, 6) is 0. The predicted molar refractivity (Wildman–Crippen MR) is 53.0 cm³/mol. The molecule has 8 heteroatoms. The Morgan fingerprint density at radius 3 is 1.88 bits per heavy atom. The third kappa shape index (κ3) is 7.11. The van der Waals surface area contributed by atoms with Crippen LogP contribution in [0.2, 0.25) is 0 Å². The van der Waals surface area contributed by atoms with Crippen LogP contribution in [0, 0.1) is 0 Å². The molecule has 0 amide bonds. The van der Waals surface area contributed by atoms with Crippen LogP contribution in [0.1, 0.15) is 1.43 Å². The van der Waals surface area contributed by atoms with Crippen LogP contribution in [0.15, 0.2) is 36.5 Å². The minimum atomic E-state index is -10.7. The van der Waals surface area contributed by atoms with Crippen LogP contribution < -0.4 is 0 Å². The molecule has 0 aliphatic carbocycles. The van der Waals surface area contributed by atoms with E-state index in [0.29, 0.717) is 0 Å². The zero-order valence-corrected chi connectivity index (χ0v) is 8.57. The molecule has 0 saturated carbocycles. The summed E-state index contributed by atoms with van der Waals surface area (Å²) in [5, 5.41) is 1.28. The number of hydrogen-bond acceptors (Lipinski definition) is 0. The maximum atomic E-state index is 9.87. The van der Waals surface area contributed by atoms with Crippen molar-refractivity contribution in [2.75, 3.05) is 0 Å². The molecule has 0 aliphatic rings. The molecule has 1 aromatic heterocycles. The van der Waals surface area contributed by atoms with Gasteiger partial charge in [0.15, 0.2) is 0 Å². The first-order chi connectivity index (χ1) is 6.92. The quantitative estimate of drug-likeness (QED) is 0.466. The van der Waals surface area contributed by atoms with E-state index in [2.05, 4.69) is 23.2 Å². The topological polar surface area (TPSA) is 15.8 Å². The van der Waals surface area contributed by atoms with Gasteiger partial charge in [-0.25, -0.2) is 0 Å². The maximum Gasteiger partial charge on any atom is 1.00 e. The first-order valence-electron chi connectivity index (χ1n) is 4.00. The Morgan fingerprint density at radius 2 is 1.38 bits per heavy atom. The van der Waals surface area contributed by atoms with Crippen molar-refractivity contribution in [2.24, 2.45) is 0 Å². The van der Waals surface area contributed by atoms with Crippen LogP contribution in [0.4, 0.5) is 25.2 Å². The van der Waals surface area contributed by atoms with Gasteiger partial charge in [0, 0.05) is 11.7 Å². The van der Waals surface area contributed by atoms with E-state index in [1.54, 1.807) is 0 Å². The van der Waals surface area contributed by atoms with Crippen LogP contribution in [-0.2, 0) is 0 Å². The molecule has 0 saturated heterocycles. The average molecular weight is 263 g/mol. The molecule has 1 N–H and O–H groups in total. The Kier molecular flexibility index (Phi) is 2.51. The van der Waals surface area contributed by atoms with Gasteiger partial charge in [-0.1, -0.05) is 18.2 Å². The molecular formula is C8H8F6NP. The molecule has 92 valence electrons. The zero-order valence-electron chi connectivity index (χ0n) is 8.68. The van der Waals surface area contributed by atoms with Gasteiger partial charge >= 0.3 is 34.4 Å². The number of H-pyrrole nitrogens is 1. The average Bonchev–Trinajstić information content (AvgIpc) is 2.44. The maximum absolute atomic E-state index is 10.7. The normalized spacial score (nSPS) is 15.9. The molecule has 1 heterocycles. The second-order valence-electron chi connectivity index (χ2n) is 3.02. The summed E-state index contributed by atoms with van der Waals surface area (Å²) in [4.78, 5) is 3.12. The summed E-state index contributed by atoms with van der Waals surface area (Å²) in [6.45, 7) is 0. The van der Waals surface area contributed by atoms with E-state index in [-0.39, 0.29) is 1.43 Å². The summed E-state index contributed by atoms with van der Waals surface area (Å²) < 4.78 is 59.2. The number of fused-ring (bicyclic) bond motifs is 1. The SMILES string of the molecule is F[P-](F)(F)(F)(F)F.[H+].c1ccc2[nH]ccc2c1. The van der Waals surface area contributed by atoms with Gasteiger partial charge in [0.05, 0.1) is 0 Å². The van der Waals surface area contributed by atoms with Crippen molar-refractivity contribution < 1.29 is 26.6 Å². The summed E-state index contributed by atoms with van der Waals surface area (Å²) in [6, 6.07) is 10.3. The number of hydrogen-bond donors (Lipinski definition) is 1. The molecule has 0 bridgehead atoms. The van der Waals surface area contributed by atoms with Gasteiger partial charge in [0.25, 0.3) is 0 Å². The van der Waals surface area contributed by atoms with Crippen LogP contribution in [0.25, 0.3) is 10.9 Å². The largest absolute Gasteiger partial charge is 1.00 e. The summed E-state index contributed by atoms with van der Waals surface area (Å²) in [6.07, 6.45) is 1.95. The molecule has 0 unspecified atom stereocenters. The smallest absolute Gasteiger partial charge is 0.361 e. The van der Waals surface area contributed by atoms with Gasteiger partial charge in [0.1, 0.15) is 0 Å². The van der Waals surface area contributed by atoms with Crippen LogP contribution in [0.3, 0.4) is 0 Å². The Bertz CT molecular complexity index is 449. The standard InChI is InChI=1S/C8H7N.F6P/c1-2-4-8-7(3-1)5-6-9-8;1-7(2,3,4,5)6/h1-6,9H;/q;-1/p+1. The van der Waals surface area contributed by atoms with E-state index < -0.39 is 7.81 Å². The predicted octanol–water partition coefficient (Wildman–Crippen LogP) is 5.66. The Hall–Kier alpha value is -1.23. The monoisotopic (exact) mass is 263 g/mol. The zero-order chi connectivity index (χ0) is 12.5. The Balaban J connectivity index is 0.000000296. The molecular weight excluding hydrogens is 255 g/mol. The van der Waals surface area contributed by atoms with Crippen molar-refractivity contribution in [1.82, 2.24) is 4.98 Å². The number of rotatable bonds is 0. The summed E-state index contributed by atoms with van der Waals surface area (Å²) in [5.41, 5.74) is 1.21. The third-order valence-corrected chi connectivity index (χ3v) is 1.46. The molecule has 0 spiro atoms. The number of halogens is 6. The van der Waals surface area contributed by atoms with E-state index in [9.17, 15) is 25.2 Å². The van der Waals surface area contributed by atoms with Gasteiger partial charge < -0.3 is 4.98 Å². The Labute approximate surface area is 87.8 Å². The fraction of sp³-hybridized carbons (Fsp3) is 0.